The molecule has 0 aliphatic carbocycles. The number of likely N-dealkylation sites (tertiary alicyclic amines) is 1. The monoisotopic (exact) mass is 390 g/mol. The van der Waals surface area contributed by atoms with E-state index in [2.05, 4.69) is 39.6 Å². The lowest BCUT2D eigenvalue weighted by molar-refractivity contribution is -0.120. The van der Waals surface area contributed by atoms with Gasteiger partial charge in [0.1, 0.15) is 0 Å². The van der Waals surface area contributed by atoms with Crippen LogP contribution >= 0.6 is 0 Å². The van der Waals surface area contributed by atoms with Crippen LogP contribution in [0.3, 0.4) is 0 Å². The summed E-state index contributed by atoms with van der Waals surface area (Å²) in [4.78, 5) is 27.2. The number of nitrogens with zero attached hydrogens (tertiary/aromatic N) is 3. The Morgan fingerprint density at radius 2 is 1.66 bits per heavy atom. The number of carbonyl (C=O) groups is 1. The fourth-order valence-electron chi connectivity index (χ4n) is 3.88. The van der Waals surface area contributed by atoms with Gasteiger partial charge >= 0.3 is 0 Å². The summed E-state index contributed by atoms with van der Waals surface area (Å²) >= 11 is 0. The van der Waals surface area contributed by atoms with Crippen molar-refractivity contribution in [1.82, 2.24) is 20.0 Å². The molecule has 1 N–H and O–H groups in total. The van der Waals surface area contributed by atoms with Crippen LogP contribution in [0.2, 0.25) is 0 Å². The van der Waals surface area contributed by atoms with Gasteiger partial charge in [-0.1, -0.05) is 42.5 Å². The van der Waals surface area contributed by atoms with E-state index < -0.39 is 0 Å². The van der Waals surface area contributed by atoms with Gasteiger partial charge in [-0.05, 0) is 43.1 Å². The summed E-state index contributed by atoms with van der Waals surface area (Å²) in [5.41, 5.74) is 2.84. The van der Waals surface area contributed by atoms with E-state index in [4.69, 9.17) is 0 Å². The molecular weight excluding hydrogens is 364 g/mol. The Morgan fingerprint density at radius 1 is 1.00 bits per heavy atom. The average Bonchev–Trinajstić information content (AvgIpc) is 3.24. The van der Waals surface area contributed by atoms with Crippen LogP contribution in [0, 0.1) is 0 Å². The van der Waals surface area contributed by atoms with E-state index in [0.717, 1.165) is 17.5 Å². The molecule has 4 rings (SSSR count). The molecule has 1 aromatic heterocycles. The van der Waals surface area contributed by atoms with Crippen LogP contribution in [0.25, 0.3) is 10.8 Å². The lowest BCUT2D eigenvalue weighted by atomic mass is 10.1. The largest absolute Gasteiger partial charge is 0.352 e. The van der Waals surface area contributed by atoms with Gasteiger partial charge in [-0.25, -0.2) is 4.68 Å². The number of hydrogen-bond acceptors (Lipinski definition) is 4. The molecular formula is C23H26N4O2. The second-order valence-corrected chi connectivity index (χ2v) is 7.67. The summed E-state index contributed by atoms with van der Waals surface area (Å²) in [7, 11) is 1.61. The maximum absolute atomic E-state index is 12.5. The third-order valence-corrected chi connectivity index (χ3v) is 5.48. The Labute approximate surface area is 170 Å². The van der Waals surface area contributed by atoms with Crippen molar-refractivity contribution >= 4 is 16.7 Å². The highest BCUT2D eigenvalue weighted by Gasteiger charge is 2.13. The Morgan fingerprint density at radius 3 is 2.38 bits per heavy atom. The highest BCUT2D eigenvalue weighted by atomic mass is 16.1. The number of aryl methyl sites for hydroxylation is 1. The summed E-state index contributed by atoms with van der Waals surface area (Å²) in [6.07, 6.45) is 2.73. The Hall–Kier alpha value is -2.99. The first-order valence-electron chi connectivity index (χ1n) is 10.1. The summed E-state index contributed by atoms with van der Waals surface area (Å²) in [5.74, 6) is -0.109. The first-order chi connectivity index (χ1) is 14.1. The fourth-order valence-corrected chi connectivity index (χ4v) is 3.88. The first kappa shape index (κ1) is 19.3. The van der Waals surface area contributed by atoms with Crippen LogP contribution in [0.5, 0.6) is 0 Å². The van der Waals surface area contributed by atoms with E-state index in [-0.39, 0.29) is 17.9 Å². The minimum Gasteiger partial charge on any atom is -0.352 e. The standard InChI is InChI=1S/C23H26N4O2/c1-26-23(29)20-7-3-2-6-19(20)21(25-26)14-22(28)24-15-17-8-10-18(11-9-17)16-27-12-4-5-13-27/h2-3,6-11H,4-5,12-16H2,1H3,(H,24,28). The highest BCUT2D eigenvalue weighted by molar-refractivity contribution is 5.88. The van der Waals surface area contributed by atoms with Crippen LogP contribution < -0.4 is 10.9 Å². The Bertz CT molecular complexity index is 1070. The normalized spacial score (nSPS) is 14.4. The number of fused-ring (bicyclic) bond motifs is 1. The van der Waals surface area contributed by atoms with Gasteiger partial charge in [-0.3, -0.25) is 14.5 Å². The van der Waals surface area contributed by atoms with Gasteiger partial charge in [-0.2, -0.15) is 5.10 Å². The SMILES string of the molecule is Cn1nc(CC(=O)NCc2ccc(CN3CCCC3)cc2)c2ccccc2c1=O. The molecule has 3 aromatic rings. The number of benzene rings is 2. The number of aromatic nitrogens is 2. The van der Waals surface area contributed by atoms with Crippen molar-refractivity contribution in [3.63, 3.8) is 0 Å². The molecule has 0 unspecified atom stereocenters. The number of carbonyl (C=O) groups excluding carboxylic acids is 1. The molecule has 150 valence electrons. The van der Waals surface area contributed by atoms with Gasteiger partial charge in [0.25, 0.3) is 5.56 Å². The first-order valence-corrected chi connectivity index (χ1v) is 10.1. The Balaban J connectivity index is 1.37. The number of hydrogen-bond donors (Lipinski definition) is 1. The van der Waals surface area contributed by atoms with Crippen molar-refractivity contribution in [2.75, 3.05) is 13.1 Å². The highest BCUT2D eigenvalue weighted by Crippen LogP contribution is 2.15. The molecule has 0 bridgehead atoms. The molecule has 6 heteroatoms. The van der Waals surface area contributed by atoms with Crippen molar-refractivity contribution in [3.8, 4) is 0 Å². The van der Waals surface area contributed by atoms with Crippen LogP contribution in [-0.4, -0.2) is 33.7 Å². The van der Waals surface area contributed by atoms with Crippen molar-refractivity contribution in [3.05, 3.63) is 75.7 Å². The molecule has 29 heavy (non-hydrogen) atoms. The lowest BCUT2D eigenvalue weighted by Gasteiger charge is -2.14. The van der Waals surface area contributed by atoms with Crippen molar-refractivity contribution in [1.29, 1.82) is 0 Å². The molecule has 1 aliphatic heterocycles. The topological polar surface area (TPSA) is 67.2 Å². The molecule has 6 nitrogen and oxygen atoms in total. The molecule has 0 saturated carbocycles. The zero-order chi connectivity index (χ0) is 20.2. The van der Waals surface area contributed by atoms with Crippen LogP contribution in [0.1, 0.15) is 29.7 Å². The summed E-state index contributed by atoms with van der Waals surface area (Å²) in [6, 6.07) is 15.7. The smallest absolute Gasteiger partial charge is 0.274 e. The maximum atomic E-state index is 12.5. The minimum absolute atomic E-state index is 0.109. The third kappa shape index (κ3) is 4.54. The molecule has 0 atom stereocenters. The van der Waals surface area contributed by atoms with Gasteiger partial charge in [0.15, 0.2) is 0 Å². The van der Waals surface area contributed by atoms with E-state index in [1.165, 1.54) is 36.2 Å². The summed E-state index contributed by atoms with van der Waals surface area (Å²) in [6.45, 7) is 3.85. The van der Waals surface area contributed by atoms with Gasteiger partial charge in [0, 0.05) is 25.5 Å². The van der Waals surface area contributed by atoms with E-state index in [1.54, 1.807) is 13.1 Å². The number of rotatable bonds is 6. The molecule has 0 radical (unpaired) electrons. The zero-order valence-corrected chi connectivity index (χ0v) is 16.7. The molecule has 2 heterocycles. The van der Waals surface area contributed by atoms with Gasteiger partial charge in [0.2, 0.25) is 5.91 Å². The third-order valence-electron chi connectivity index (χ3n) is 5.48. The predicted octanol–water partition coefficient (Wildman–Crippen LogP) is 2.39. The number of nitrogens with one attached hydrogen (secondary N) is 1. The summed E-state index contributed by atoms with van der Waals surface area (Å²) in [5, 5.41) is 8.57. The quantitative estimate of drug-likeness (QED) is 0.702. The summed E-state index contributed by atoms with van der Waals surface area (Å²) < 4.78 is 1.30. The second kappa shape index (κ2) is 8.57. The van der Waals surface area contributed by atoms with Crippen LogP contribution in [0.4, 0.5) is 0 Å². The molecule has 0 spiro atoms. The second-order valence-electron chi connectivity index (χ2n) is 7.67. The average molecular weight is 390 g/mol. The van der Waals surface area contributed by atoms with Gasteiger partial charge in [-0.15, -0.1) is 0 Å². The maximum Gasteiger partial charge on any atom is 0.274 e. The van der Waals surface area contributed by atoms with E-state index in [9.17, 15) is 9.59 Å². The van der Waals surface area contributed by atoms with E-state index >= 15 is 0 Å². The minimum atomic E-state index is -0.154. The van der Waals surface area contributed by atoms with Gasteiger partial charge < -0.3 is 5.32 Å². The molecule has 1 aliphatic rings. The van der Waals surface area contributed by atoms with Crippen LogP contribution in [0.15, 0.2) is 53.3 Å². The molecule has 1 fully saturated rings. The van der Waals surface area contributed by atoms with Crippen molar-refractivity contribution in [2.24, 2.45) is 7.05 Å². The fraction of sp³-hybridized carbons (Fsp3) is 0.348. The van der Waals surface area contributed by atoms with Gasteiger partial charge in [0.05, 0.1) is 17.5 Å². The number of amides is 1. The van der Waals surface area contributed by atoms with E-state index in [0.29, 0.717) is 17.6 Å². The van der Waals surface area contributed by atoms with E-state index in [1.807, 2.05) is 18.2 Å². The Kier molecular flexibility index (Phi) is 5.71. The zero-order valence-electron chi connectivity index (χ0n) is 16.7. The molecule has 1 saturated heterocycles. The van der Waals surface area contributed by atoms with Crippen LogP contribution in [-0.2, 0) is 31.4 Å². The lowest BCUT2D eigenvalue weighted by Crippen LogP contribution is -2.27. The molecule has 2 aromatic carbocycles. The molecule has 1 amide bonds. The van der Waals surface area contributed by atoms with Crippen molar-refractivity contribution in [2.45, 2.75) is 32.4 Å². The van der Waals surface area contributed by atoms with Crippen molar-refractivity contribution < 1.29 is 4.79 Å². The predicted molar refractivity (Wildman–Crippen MR) is 113 cm³/mol.